The van der Waals surface area contributed by atoms with Crippen molar-refractivity contribution in [2.75, 3.05) is 0 Å². The molecule has 0 saturated carbocycles. The van der Waals surface area contributed by atoms with Crippen LogP contribution in [0.15, 0.2) is 94.7 Å². The maximum absolute atomic E-state index is 14.4. The first-order valence-corrected chi connectivity index (χ1v) is 16.3. The number of hydrogen-bond donors (Lipinski definition) is 2. The Labute approximate surface area is 246 Å². The van der Waals surface area contributed by atoms with Crippen LogP contribution in [-0.4, -0.2) is 25.9 Å². The van der Waals surface area contributed by atoms with Gasteiger partial charge < -0.3 is 4.74 Å². The molecule has 10 heteroatoms. The van der Waals surface area contributed by atoms with Crippen LogP contribution in [0.1, 0.15) is 52.1 Å². The summed E-state index contributed by atoms with van der Waals surface area (Å²) in [6.45, 7) is 3.83. The van der Waals surface area contributed by atoms with Gasteiger partial charge in [0.15, 0.2) is 0 Å². The molecule has 0 aliphatic rings. The molecule has 0 aliphatic carbocycles. The summed E-state index contributed by atoms with van der Waals surface area (Å²) in [5.74, 6) is -0.497. The van der Waals surface area contributed by atoms with E-state index in [4.69, 9.17) is 4.74 Å². The predicted octanol–water partition coefficient (Wildman–Crippen LogP) is 6.86. The molecule has 4 aromatic rings. The van der Waals surface area contributed by atoms with Gasteiger partial charge in [-0.05, 0) is 85.9 Å². The lowest BCUT2D eigenvalue weighted by molar-refractivity contribution is 0.298. The normalized spacial score (nSPS) is 12.0. The minimum Gasteiger partial charge on any atom is -0.489 e. The van der Waals surface area contributed by atoms with E-state index in [-0.39, 0.29) is 35.2 Å². The first-order valence-electron chi connectivity index (χ1n) is 13.4. The summed E-state index contributed by atoms with van der Waals surface area (Å²) in [5, 5.41) is 0. The summed E-state index contributed by atoms with van der Waals surface area (Å²) >= 11 is 0. The second kappa shape index (κ2) is 13.2. The van der Waals surface area contributed by atoms with E-state index in [0.717, 1.165) is 16.7 Å². The zero-order valence-electron chi connectivity index (χ0n) is 23.3. The summed E-state index contributed by atoms with van der Waals surface area (Å²) in [6, 6.07) is 23.0. The van der Waals surface area contributed by atoms with Gasteiger partial charge in [0.2, 0.25) is 0 Å². The van der Waals surface area contributed by atoms with E-state index in [2.05, 4.69) is 0 Å². The number of aryl methyl sites for hydroxylation is 4. The highest BCUT2D eigenvalue weighted by molar-refractivity contribution is 7.86. The first-order chi connectivity index (χ1) is 19.8. The molecule has 0 bridgehead atoms. The van der Waals surface area contributed by atoms with E-state index in [1.54, 1.807) is 30.3 Å². The molecule has 7 nitrogen and oxygen atoms in total. The number of ether oxygens (including phenoxy) is 1. The predicted molar refractivity (Wildman–Crippen MR) is 159 cm³/mol. The first kappa shape index (κ1) is 31.4. The van der Waals surface area contributed by atoms with Gasteiger partial charge in [-0.15, -0.1) is 0 Å². The Bertz CT molecular complexity index is 1680. The van der Waals surface area contributed by atoms with Crippen LogP contribution in [0.25, 0.3) is 0 Å². The molecule has 4 rings (SSSR count). The van der Waals surface area contributed by atoms with Crippen molar-refractivity contribution in [1.29, 1.82) is 0 Å². The molecule has 0 aromatic heterocycles. The number of benzene rings is 4. The van der Waals surface area contributed by atoms with Crippen LogP contribution in [0, 0.1) is 19.7 Å². The van der Waals surface area contributed by atoms with E-state index in [9.17, 15) is 30.3 Å². The van der Waals surface area contributed by atoms with Crippen molar-refractivity contribution in [3.63, 3.8) is 0 Å². The van der Waals surface area contributed by atoms with Crippen LogP contribution in [0.2, 0.25) is 0 Å². The van der Waals surface area contributed by atoms with Crippen LogP contribution in [0.4, 0.5) is 4.39 Å². The Morgan fingerprint density at radius 1 is 0.714 bits per heavy atom. The molecule has 4 aromatic carbocycles. The molecule has 0 spiro atoms. The molecule has 0 saturated heterocycles. The van der Waals surface area contributed by atoms with Crippen LogP contribution < -0.4 is 4.74 Å². The van der Waals surface area contributed by atoms with Crippen molar-refractivity contribution in [2.24, 2.45) is 0 Å². The van der Waals surface area contributed by atoms with Crippen molar-refractivity contribution in [3.05, 3.63) is 124 Å². The van der Waals surface area contributed by atoms with Crippen LogP contribution in [0.5, 0.6) is 5.75 Å². The third-order valence-electron chi connectivity index (χ3n) is 7.16. The third-order valence-corrected chi connectivity index (χ3v) is 9.07. The van der Waals surface area contributed by atoms with Crippen molar-refractivity contribution < 1.29 is 35.1 Å². The lowest BCUT2D eigenvalue weighted by atomic mass is 9.86. The van der Waals surface area contributed by atoms with E-state index in [1.807, 2.05) is 44.2 Å². The fourth-order valence-corrected chi connectivity index (χ4v) is 6.60. The fraction of sp³-hybridized carbons (Fsp3) is 0.250. The van der Waals surface area contributed by atoms with Gasteiger partial charge in [-0.1, -0.05) is 71.8 Å². The molecule has 0 unspecified atom stereocenters. The van der Waals surface area contributed by atoms with Crippen molar-refractivity contribution in [2.45, 2.75) is 61.8 Å². The second-order valence-corrected chi connectivity index (χ2v) is 13.2. The summed E-state index contributed by atoms with van der Waals surface area (Å²) in [7, 11) is -8.93. The molecular weight excluding hydrogens is 579 g/mol. The summed E-state index contributed by atoms with van der Waals surface area (Å²) < 4.78 is 88.4. The summed E-state index contributed by atoms with van der Waals surface area (Å²) in [6.07, 6.45) is 1.28. The van der Waals surface area contributed by atoms with E-state index >= 15 is 0 Å². The molecule has 222 valence electrons. The van der Waals surface area contributed by atoms with Crippen molar-refractivity contribution in [1.82, 2.24) is 0 Å². The number of rotatable bonds is 12. The van der Waals surface area contributed by atoms with Crippen molar-refractivity contribution >= 4 is 20.2 Å². The Balaban J connectivity index is 1.71. The smallest absolute Gasteiger partial charge is 0.294 e. The van der Waals surface area contributed by atoms with Gasteiger partial charge in [0.05, 0.1) is 9.79 Å². The van der Waals surface area contributed by atoms with Gasteiger partial charge in [-0.2, -0.15) is 16.8 Å². The molecule has 0 heterocycles. The van der Waals surface area contributed by atoms with Crippen LogP contribution in [0.3, 0.4) is 0 Å². The molecule has 0 radical (unpaired) electrons. The largest absolute Gasteiger partial charge is 0.489 e. The lowest BCUT2D eigenvalue weighted by Crippen LogP contribution is -2.10. The molecule has 0 fully saturated rings. The Morgan fingerprint density at radius 2 is 1.24 bits per heavy atom. The topological polar surface area (TPSA) is 118 Å². The van der Waals surface area contributed by atoms with Crippen molar-refractivity contribution in [3.8, 4) is 5.75 Å². The van der Waals surface area contributed by atoms with E-state index in [0.29, 0.717) is 35.3 Å². The van der Waals surface area contributed by atoms with Gasteiger partial charge in [-0.25, -0.2) is 4.39 Å². The lowest BCUT2D eigenvalue weighted by Gasteiger charge is -2.22. The highest BCUT2D eigenvalue weighted by Gasteiger charge is 2.23. The highest BCUT2D eigenvalue weighted by atomic mass is 32.2. The average molecular weight is 613 g/mol. The quantitative estimate of drug-likeness (QED) is 0.168. The zero-order valence-corrected chi connectivity index (χ0v) is 25.0. The summed E-state index contributed by atoms with van der Waals surface area (Å²) in [4.78, 5) is -0.363. The zero-order chi connectivity index (χ0) is 30.5. The molecule has 0 atom stereocenters. The molecule has 2 N–H and O–H groups in total. The Kier molecular flexibility index (Phi) is 9.83. The minimum absolute atomic E-state index is 0.182. The maximum atomic E-state index is 14.4. The SMILES string of the molecule is Cc1ccc(S(=O)(=O)O)c(CCC(CCc2cc(C)ccc2S(=O)(=O)O)c2ccc(F)cc2OCc2ccccc2)c1. The standard InChI is InChI=1S/C32H33FO7S2/c1-22-8-16-31(41(34,35)36)26(18-22)12-10-25(11-13-27-19-23(2)9-17-32(27)42(37,38)39)29-15-14-28(33)20-30(29)40-21-24-6-4-3-5-7-24/h3-9,14-20,25H,10-13,21H2,1-2H3,(H,34,35,36)(H,37,38,39). The molecule has 0 aliphatic heterocycles. The molecular formula is C32H33FO7S2. The monoisotopic (exact) mass is 612 g/mol. The fourth-order valence-electron chi connectivity index (χ4n) is 5.13. The molecule has 0 amide bonds. The summed E-state index contributed by atoms with van der Waals surface area (Å²) in [5.41, 5.74) is 4.07. The van der Waals surface area contributed by atoms with Gasteiger partial charge in [0, 0.05) is 6.07 Å². The van der Waals surface area contributed by atoms with Gasteiger partial charge in [0.25, 0.3) is 20.2 Å². The van der Waals surface area contributed by atoms with E-state index < -0.39 is 26.1 Å². The van der Waals surface area contributed by atoms with Gasteiger partial charge >= 0.3 is 0 Å². The maximum Gasteiger partial charge on any atom is 0.294 e. The van der Waals surface area contributed by atoms with Crippen LogP contribution in [-0.2, 0) is 39.7 Å². The number of halogens is 1. The van der Waals surface area contributed by atoms with Gasteiger partial charge in [0.1, 0.15) is 18.2 Å². The van der Waals surface area contributed by atoms with Gasteiger partial charge in [-0.3, -0.25) is 9.11 Å². The molecule has 42 heavy (non-hydrogen) atoms. The number of hydrogen-bond acceptors (Lipinski definition) is 5. The third kappa shape index (κ3) is 8.25. The van der Waals surface area contributed by atoms with Crippen LogP contribution >= 0.6 is 0 Å². The average Bonchev–Trinajstić information content (AvgIpc) is 2.91. The Morgan fingerprint density at radius 3 is 1.74 bits per heavy atom. The minimum atomic E-state index is -4.47. The second-order valence-electron chi connectivity index (χ2n) is 10.4. The van der Waals surface area contributed by atoms with E-state index in [1.165, 1.54) is 24.3 Å². The Hall–Kier alpha value is -3.57. The highest BCUT2D eigenvalue weighted by Crippen LogP contribution is 2.36.